The first-order valence-electron chi connectivity index (χ1n) is 12.0. The third kappa shape index (κ3) is 5.87. The molecule has 7 nitrogen and oxygen atoms in total. The van der Waals surface area contributed by atoms with Crippen molar-refractivity contribution in [2.75, 3.05) is 13.2 Å². The number of ether oxygens (including phenoxy) is 2. The molecule has 1 N–H and O–H groups in total. The van der Waals surface area contributed by atoms with Crippen LogP contribution in [-0.2, 0) is 16.0 Å². The summed E-state index contributed by atoms with van der Waals surface area (Å²) in [6.45, 7) is 6.49. The minimum Gasteiger partial charge on any atom is -0.492 e. The number of nitrogens with one attached hydrogen (secondary N) is 1. The zero-order chi connectivity index (χ0) is 25.9. The average molecular weight is 543 g/mol. The molecule has 3 aromatic rings. The van der Waals surface area contributed by atoms with E-state index in [2.05, 4.69) is 22.3 Å². The largest absolute Gasteiger partial charge is 0.492 e. The van der Waals surface area contributed by atoms with Gasteiger partial charge < -0.3 is 9.47 Å². The lowest BCUT2D eigenvalue weighted by Crippen LogP contribution is -2.37. The summed E-state index contributed by atoms with van der Waals surface area (Å²) in [6.07, 6.45) is 2.46. The molecule has 10 heteroatoms. The van der Waals surface area contributed by atoms with Gasteiger partial charge in [0.05, 0.1) is 24.8 Å². The van der Waals surface area contributed by atoms with E-state index < -0.39 is 5.82 Å². The predicted octanol–water partition coefficient (Wildman–Crippen LogP) is 6.49. The second kappa shape index (κ2) is 11.0. The summed E-state index contributed by atoms with van der Waals surface area (Å²) in [4.78, 5) is 10.5. The van der Waals surface area contributed by atoms with E-state index in [4.69, 9.17) is 42.5 Å². The molecule has 2 aromatic carbocycles. The number of aliphatic imine (C=N–C) groups is 1. The minimum absolute atomic E-state index is 0.0677. The summed E-state index contributed by atoms with van der Waals surface area (Å²) in [7, 11) is 0. The zero-order valence-corrected chi connectivity index (χ0v) is 21.7. The maximum Gasteiger partial charge on any atom is 0.250 e. The summed E-state index contributed by atoms with van der Waals surface area (Å²) in [5.41, 5.74) is 5.19. The van der Waals surface area contributed by atoms with Crippen molar-refractivity contribution >= 4 is 34.8 Å². The second-order valence-electron chi connectivity index (χ2n) is 8.82. The first-order chi connectivity index (χ1) is 17.9. The molecule has 2 heterocycles. The van der Waals surface area contributed by atoms with Crippen LogP contribution in [0.25, 0.3) is 5.76 Å². The van der Waals surface area contributed by atoms with Gasteiger partial charge in [-0.3, -0.25) is 9.83 Å². The average Bonchev–Trinajstić information content (AvgIpc) is 3.73. The summed E-state index contributed by atoms with van der Waals surface area (Å²) < 4.78 is 26.7. The maximum absolute atomic E-state index is 15.2. The van der Waals surface area contributed by atoms with Crippen molar-refractivity contribution in [2.24, 2.45) is 4.99 Å². The smallest absolute Gasteiger partial charge is 0.250 e. The Labute approximate surface area is 224 Å². The van der Waals surface area contributed by atoms with E-state index in [1.165, 1.54) is 0 Å². The third-order valence-corrected chi connectivity index (χ3v) is 6.65. The molecule has 192 valence electrons. The molecule has 0 amide bonds. The lowest BCUT2D eigenvalue weighted by Gasteiger charge is -2.23. The van der Waals surface area contributed by atoms with E-state index in [0.717, 1.165) is 18.4 Å². The maximum atomic E-state index is 15.2. The van der Waals surface area contributed by atoms with Crippen molar-refractivity contribution in [2.45, 2.75) is 38.1 Å². The molecular formula is C27H25Cl2FN4O3. The molecular weight excluding hydrogens is 518 g/mol. The monoisotopic (exact) mass is 542 g/mol. The highest BCUT2D eigenvalue weighted by molar-refractivity contribution is 6.35. The number of nitrogens with zero attached hydrogens (tertiary/aromatic N) is 3. The van der Waals surface area contributed by atoms with Crippen LogP contribution in [0.2, 0.25) is 10.0 Å². The lowest BCUT2D eigenvalue weighted by atomic mass is 10.1. The highest BCUT2D eigenvalue weighted by Crippen LogP contribution is 2.43. The molecule has 37 heavy (non-hydrogen) atoms. The number of hydrogen-bond acceptors (Lipinski definition) is 7. The topological polar surface area (TPSA) is 77.9 Å². The van der Waals surface area contributed by atoms with Crippen molar-refractivity contribution in [3.63, 3.8) is 0 Å². The van der Waals surface area contributed by atoms with Gasteiger partial charge >= 0.3 is 0 Å². The number of hydroxylamine groups is 1. The van der Waals surface area contributed by atoms with Crippen LogP contribution in [0.3, 0.4) is 0 Å². The number of halogens is 3. The summed E-state index contributed by atoms with van der Waals surface area (Å²) in [5.74, 6) is 0.662. The highest BCUT2D eigenvalue weighted by Gasteiger charge is 2.29. The van der Waals surface area contributed by atoms with Crippen LogP contribution in [0.15, 0.2) is 54.0 Å². The van der Waals surface area contributed by atoms with Crippen LogP contribution in [0.5, 0.6) is 11.6 Å². The SMILES string of the molecule is C=C(OCC)c1cc(C2=N[C@H](Cc3ccc(Cl)cc3Cl)CON2)c(Oc2cccc(C3CC3)c2F)nn1. The fourth-order valence-corrected chi connectivity index (χ4v) is 4.54. The first kappa shape index (κ1) is 25.4. The van der Waals surface area contributed by atoms with Gasteiger partial charge in [0.1, 0.15) is 11.5 Å². The molecule has 5 rings (SSSR count). The Bertz CT molecular complexity index is 1360. The molecule has 0 spiro atoms. The molecule has 0 unspecified atom stereocenters. The number of benzene rings is 2. The van der Waals surface area contributed by atoms with Gasteiger partial charge in [0, 0.05) is 10.0 Å². The van der Waals surface area contributed by atoms with Gasteiger partial charge in [0.15, 0.2) is 17.4 Å². The van der Waals surface area contributed by atoms with E-state index in [9.17, 15) is 0 Å². The summed E-state index contributed by atoms with van der Waals surface area (Å²) >= 11 is 12.4. The van der Waals surface area contributed by atoms with Crippen LogP contribution in [0.1, 0.15) is 48.1 Å². The zero-order valence-electron chi connectivity index (χ0n) is 20.1. The standard InChI is InChI=1S/C27H25Cl2FN4O3/c1-3-35-15(2)23-13-21(26-31-19(14-36-34-26)11-17-9-10-18(28)12-22(17)29)27(33-32-23)37-24-6-4-5-20(25(24)30)16-7-8-16/h4-6,9-10,12-13,16,19H,2-3,7-8,11,14H2,1H3,(H,31,34)/t19-/m1/s1. The third-order valence-electron chi connectivity index (χ3n) is 6.06. The molecule has 1 saturated carbocycles. The highest BCUT2D eigenvalue weighted by atomic mass is 35.5. The van der Waals surface area contributed by atoms with Crippen LogP contribution < -0.4 is 10.2 Å². The van der Waals surface area contributed by atoms with E-state index in [0.29, 0.717) is 58.1 Å². The molecule has 1 atom stereocenters. The van der Waals surface area contributed by atoms with E-state index in [1.54, 1.807) is 36.4 Å². The predicted molar refractivity (Wildman–Crippen MR) is 141 cm³/mol. The van der Waals surface area contributed by atoms with Crippen molar-refractivity contribution in [1.29, 1.82) is 0 Å². The molecule has 1 aliphatic heterocycles. The van der Waals surface area contributed by atoms with E-state index >= 15 is 4.39 Å². The molecule has 1 aliphatic carbocycles. The number of hydrogen-bond donors (Lipinski definition) is 1. The van der Waals surface area contributed by atoms with Crippen LogP contribution in [-0.4, -0.2) is 35.3 Å². The molecule has 1 aromatic heterocycles. The Balaban J connectivity index is 1.49. The van der Waals surface area contributed by atoms with Crippen molar-refractivity contribution in [1.82, 2.24) is 15.7 Å². The quantitative estimate of drug-likeness (QED) is 0.311. The summed E-state index contributed by atoms with van der Waals surface area (Å²) in [6, 6.07) is 11.9. The molecule has 2 aliphatic rings. The van der Waals surface area contributed by atoms with Gasteiger partial charge in [-0.15, -0.1) is 10.2 Å². The second-order valence-corrected chi connectivity index (χ2v) is 9.67. The normalized spacial score (nSPS) is 17.1. The van der Waals surface area contributed by atoms with Gasteiger partial charge in [0.2, 0.25) is 5.88 Å². The fraction of sp³-hybridized carbons (Fsp3) is 0.296. The molecule has 0 radical (unpaired) electrons. The van der Waals surface area contributed by atoms with Crippen LogP contribution >= 0.6 is 23.2 Å². The Morgan fingerprint density at radius 3 is 2.78 bits per heavy atom. The Morgan fingerprint density at radius 2 is 2.03 bits per heavy atom. The lowest BCUT2D eigenvalue weighted by molar-refractivity contribution is 0.0623. The van der Waals surface area contributed by atoms with Gasteiger partial charge in [-0.2, -0.15) is 0 Å². The Hall–Kier alpha value is -3.20. The molecule has 1 fully saturated rings. The van der Waals surface area contributed by atoms with Gasteiger partial charge in [0.25, 0.3) is 0 Å². The Morgan fingerprint density at radius 1 is 1.19 bits per heavy atom. The van der Waals surface area contributed by atoms with Crippen LogP contribution in [0.4, 0.5) is 4.39 Å². The van der Waals surface area contributed by atoms with E-state index in [-0.39, 0.29) is 23.6 Å². The van der Waals surface area contributed by atoms with Crippen LogP contribution in [0, 0.1) is 5.82 Å². The number of rotatable bonds is 9. The van der Waals surface area contributed by atoms with Crippen molar-refractivity contribution < 1.29 is 18.7 Å². The first-order valence-corrected chi connectivity index (χ1v) is 12.7. The minimum atomic E-state index is -0.398. The Kier molecular flexibility index (Phi) is 7.60. The fourth-order valence-electron chi connectivity index (χ4n) is 4.05. The van der Waals surface area contributed by atoms with Crippen molar-refractivity contribution in [3.8, 4) is 11.6 Å². The van der Waals surface area contributed by atoms with Gasteiger partial charge in [-0.05, 0) is 67.5 Å². The number of aromatic nitrogens is 2. The molecule has 0 saturated heterocycles. The number of amidine groups is 1. The van der Waals surface area contributed by atoms with Crippen molar-refractivity contribution in [3.05, 3.63) is 87.3 Å². The van der Waals surface area contributed by atoms with E-state index in [1.807, 2.05) is 13.0 Å². The van der Waals surface area contributed by atoms with Gasteiger partial charge in [-0.1, -0.05) is 48.0 Å². The summed E-state index contributed by atoms with van der Waals surface area (Å²) in [5, 5.41) is 9.52. The molecule has 0 bridgehead atoms. The van der Waals surface area contributed by atoms with Gasteiger partial charge in [-0.25, -0.2) is 9.87 Å².